The Kier molecular flexibility index (Phi) is 6.32. The van der Waals surface area contributed by atoms with Crippen LogP contribution in [0.25, 0.3) is 11.3 Å². The Labute approximate surface area is 176 Å². The maximum absolute atomic E-state index is 12.7. The van der Waals surface area contributed by atoms with E-state index in [1.165, 1.54) is 12.1 Å². The molecule has 0 atom stereocenters. The van der Waals surface area contributed by atoms with Crippen molar-refractivity contribution in [2.45, 2.75) is 33.5 Å². The van der Waals surface area contributed by atoms with Crippen molar-refractivity contribution in [3.8, 4) is 23.1 Å². The fourth-order valence-corrected chi connectivity index (χ4v) is 3.67. The van der Waals surface area contributed by atoms with Crippen LogP contribution < -0.4 is 5.32 Å². The lowest BCUT2D eigenvalue weighted by Gasteiger charge is -2.09. The predicted octanol–water partition coefficient (Wildman–Crippen LogP) is 4.72. The van der Waals surface area contributed by atoms with E-state index in [-0.39, 0.29) is 24.6 Å². The molecule has 156 valence electrons. The van der Waals surface area contributed by atoms with E-state index in [2.05, 4.69) is 22.1 Å². The quantitative estimate of drug-likeness (QED) is 0.608. The summed E-state index contributed by atoms with van der Waals surface area (Å²) in [4.78, 5) is 16.8. The summed E-state index contributed by atoms with van der Waals surface area (Å²) in [6.45, 7) is 5.99. The van der Waals surface area contributed by atoms with Gasteiger partial charge in [0.1, 0.15) is 6.54 Å². The molecule has 0 spiro atoms. The molecular formula is C22H20F3N3OS. The SMILES string of the molecule is Cc1nc(-c2cc(C)n(CC(=O)NCC#Cc3cccc(C(F)(F)F)c3)c2C)cs1. The van der Waals surface area contributed by atoms with E-state index >= 15 is 0 Å². The van der Waals surface area contributed by atoms with Crippen molar-refractivity contribution in [3.63, 3.8) is 0 Å². The van der Waals surface area contributed by atoms with Gasteiger partial charge in [0.2, 0.25) is 5.91 Å². The fourth-order valence-electron chi connectivity index (χ4n) is 3.05. The number of amides is 1. The molecule has 30 heavy (non-hydrogen) atoms. The van der Waals surface area contributed by atoms with E-state index in [9.17, 15) is 18.0 Å². The van der Waals surface area contributed by atoms with Gasteiger partial charge in [-0.1, -0.05) is 17.9 Å². The van der Waals surface area contributed by atoms with Crippen molar-refractivity contribution in [3.05, 3.63) is 63.2 Å². The number of alkyl halides is 3. The average Bonchev–Trinajstić information content (AvgIpc) is 3.23. The number of nitrogens with one attached hydrogen (secondary N) is 1. The number of aryl methyl sites for hydroxylation is 2. The van der Waals surface area contributed by atoms with Gasteiger partial charge >= 0.3 is 6.18 Å². The first-order valence-corrected chi connectivity index (χ1v) is 10.0. The Morgan fingerprint density at radius 2 is 2.00 bits per heavy atom. The Bertz CT molecular complexity index is 1130. The van der Waals surface area contributed by atoms with Gasteiger partial charge in [0.25, 0.3) is 0 Å². The molecule has 1 amide bonds. The zero-order chi connectivity index (χ0) is 21.9. The third kappa shape index (κ3) is 5.10. The molecule has 4 nitrogen and oxygen atoms in total. The first kappa shape index (κ1) is 21.7. The minimum atomic E-state index is -4.41. The summed E-state index contributed by atoms with van der Waals surface area (Å²) >= 11 is 1.57. The molecule has 0 aliphatic carbocycles. The van der Waals surface area contributed by atoms with Crippen molar-refractivity contribution in [1.82, 2.24) is 14.9 Å². The Hall–Kier alpha value is -3.05. The summed E-state index contributed by atoms with van der Waals surface area (Å²) in [6, 6.07) is 6.80. The second-order valence-electron chi connectivity index (χ2n) is 6.78. The van der Waals surface area contributed by atoms with Gasteiger partial charge in [-0.3, -0.25) is 4.79 Å². The number of hydrogen-bond donors (Lipinski definition) is 1. The van der Waals surface area contributed by atoms with E-state index < -0.39 is 11.7 Å². The molecule has 0 fully saturated rings. The zero-order valence-electron chi connectivity index (χ0n) is 16.7. The van der Waals surface area contributed by atoms with Crippen molar-refractivity contribution < 1.29 is 18.0 Å². The minimum Gasteiger partial charge on any atom is -0.344 e. The summed E-state index contributed by atoms with van der Waals surface area (Å²) in [5.41, 5.74) is 3.28. The van der Waals surface area contributed by atoms with Crippen LogP contribution in [0.2, 0.25) is 0 Å². The zero-order valence-corrected chi connectivity index (χ0v) is 17.5. The number of rotatable bonds is 4. The van der Waals surface area contributed by atoms with Gasteiger partial charge in [0.05, 0.1) is 22.8 Å². The molecule has 2 heterocycles. The number of carbonyl (C=O) groups is 1. The van der Waals surface area contributed by atoms with Crippen molar-refractivity contribution in [2.75, 3.05) is 6.54 Å². The van der Waals surface area contributed by atoms with Crippen LogP contribution in [0.3, 0.4) is 0 Å². The summed E-state index contributed by atoms with van der Waals surface area (Å²) in [5, 5.41) is 5.65. The van der Waals surface area contributed by atoms with Crippen LogP contribution in [0.5, 0.6) is 0 Å². The van der Waals surface area contributed by atoms with Gasteiger partial charge in [0, 0.05) is 27.9 Å². The van der Waals surface area contributed by atoms with Crippen LogP contribution >= 0.6 is 11.3 Å². The Balaban J connectivity index is 1.62. The minimum absolute atomic E-state index is 0.0482. The molecule has 8 heteroatoms. The maximum atomic E-state index is 12.7. The number of nitrogens with zero attached hydrogens (tertiary/aromatic N) is 2. The smallest absolute Gasteiger partial charge is 0.344 e. The number of thiazole rings is 1. The Morgan fingerprint density at radius 1 is 1.23 bits per heavy atom. The summed E-state index contributed by atoms with van der Waals surface area (Å²) in [7, 11) is 0. The number of halogens is 3. The maximum Gasteiger partial charge on any atom is 0.416 e. The first-order valence-electron chi connectivity index (χ1n) is 9.17. The lowest BCUT2D eigenvalue weighted by atomic mass is 10.1. The molecule has 3 aromatic rings. The highest BCUT2D eigenvalue weighted by molar-refractivity contribution is 7.09. The van der Waals surface area contributed by atoms with Crippen LogP contribution in [0, 0.1) is 32.6 Å². The molecule has 0 saturated carbocycles. The standard InChI is InChI=1S/C22H20F3N3OS/c1-14-10-19(20-13-30-16(3)27-20)15(2)28(14)12-21(29)26-9-5-7-17-6-4-8-18(11-17)22(23,24)25/h4,6,8,10-11,13H,9,12H2,1-3H3,(H,26,29). The van der Waals surface area contributed by atoms with E-state index in [0.29, 0.717) is 0 Å². The second kappa shape index (κ2) is 8.76. The summed E-state index contributed by atoms with van der Waals surface area (Å²) in [5.74, 6) is 5.12. The molecule has 0 unspecified atom stereocenters. The van der Waals surface area contributed by atoms with Gasteiger partial charge in [-0.2, -0.15) is 13.2 Å². The third-order valence-corrected chi connectivity index (χ3v) is 5.34. The highest BCUT2D eigenvalue weighted by atomic mass is 32.1. The molecule has 0 saturated heterocycles. The summed E-state index contributed by atoms with van der Waals surface area (Å²) in [6.07, 6.45) is -4.41. The van der Waals surface area contributed by atoms with Crippen LogP contribution in [0.1, 0.15) is 27.5 Å². The average molecular weight is 431 g/mol. The number of benzene rings is 1. The monoisotopic (exact) mass is 431 g/mol. The van der Waals surface area contributed by atoms with Gasteiger partial charge in [-0.05, 0) is 45.0 Å². The topological polar surface area (TPSA) is 46.9 Å². The lowest BCUT2D eigenvalue weighted by Crippen LogP contribution is -2.28. The van der Waals surface area contributed by atoms with Crippen LogP contribution in [0.15, 0.2) is 35.7 Å². The van der Waals surface area contributed by atoms with E-state index in [0.717, 1.165) is 39.8 Å². The molecule has 3 rings (SSSR count). The van der Waals surface area contributed by atoms with Crippen LogP contribution in [0.4, 0.5) is 13.2 Å². The first-order chi connectivity index (χ1) is 14.1. The van der Waals surface area contributed by atoms with E-state index in [1.807, 2.05) is 36.8 Å². The molecule has 0 aliphatic rings. The van der Waals surface area contributed by atoms with Gasteiger partial charge in [0.15, 0.2) is 0 Å². The van der Waals surface area contributed by atoms with Crippen molar-refractivity contribution >= 4 is 17.2 Å². The largest absolute Gasteiger partial charge is 0.416 e. The second-order valence-corrected chi connectivity index (χ2v) is 7.84. The number of aromatic nitrogens is 2. The molecule has 1 N–H and O–H groups in total. The number of carbonyl (C=O) groups excluding carboxylic acids is 1. The van der Waals surface area contributed by atoms with Crippen molar-refractivity contribution in [1.29, 1.82) is 0 Å². The highest BCUT2D eigenvalue weighted by Crippen LogP contribution is 2.29. The fraction of sp³-hybridized carbons (Fsp3) is 0.273. The number of hydrogen-bond acceptors (Lipinski definition) is 3. The van der Waals surface area contributed by atoms with Gasteiger partial charge in [-0.25, -0.2) is 4.98 Å². The molecule has 0 bridgehead atoms. The van der Waals surface area contributed by atoms with Gasteiger partial charge < -0.3 is 9.88 Å². The Morgan fingerprint density at radius 3 is 2.67 bits per heavy atom. The van der Waals surface area contributed by atoms with Gasteiger partial charge in [-0.15, -0.1) is 11.3 Å². The van der Waals surface area contributed by atoms with E-state index in [1.54, 1.807) is 11.3 Å². The predicted molar refractivity (Wildman–Crippen MR) is 111 cm³/mol. The third-order valence-electron chi connectivity index (χ3n) is 4.57. The lowest BCUT2D eigenvalue weighted by molar-refractivity contribution is -0.137. The molecule has 2 aromatic heterocycles. The highest BCUT2D eigenvalue weighted by Gasteiger charge is 2.30. The van der Waals surface area contributed by atoms with Crippen LogP contribution in [-0.4, -0.2) is 22.0 Å². The van der Waals surface area contributed by atoms with Crippen LogP contribution in [-0.2, 0) is 17.5 Å². The molecule has 0 aliphatic heterocycles. The molecular weight excluding hydrogens is 411 g/mol. The van der Waals surface area contributed by atoms with E-state index in [4.69, 9.17) is 0 Å². The normalized spacial score (nSPS) is 11.1. The van der Waals surface area contributed by atoms with Crippen molar-refractivity contribution in [2.24, 2.45) is 0 Å². The summed E-state index contributed by atoms with van der Waals surface area (Å²) < 4.78 is 40.1. The molecule has 1 aromatic carbocycles. The molecule has 0 radical (unpaired) electrons.